The molecule has 1 unspecified atom stereocenters. The van der Waals surface area contributed by atoms with E-state index in [0.29, 0.717) is 41.3 Å². The Kier molecular flexibility index (Phi) is 5.84. The number of likely N-dealkylation sites (tertiary alicyclic amines) is 1. The van der Waals surface area contributed by atoms with Crippen molar-refractivity contribution in [3.8, 4) is 5.88 Å². The number of piperidine rings is 1. The highest BCUT2D eigenvalue weighted by atomic mass is 19.1. The predicted octanol–water partition coefficient (Wildman–Crippen LogP) is 4.77. The number of ether oxygens (including phenoxy) is 1. The van der Waals surface area contributed by atoms with Crippen molar-refractivity contribution in [2.24, 2.45) is 17.3 Å². The molecule has 4 aliphatic carbocycles. The zero-order valence-corrected chi connectivity index (χ0v) is 22.5. The molecular weight excluding hydrogens is 483 g/mol. The van der Waals surface area contributed by atoms with Crippen LogP contribution in [-0.2, 0) is 6.54 Å². The quantitative estimate of drug-likeness (QED) is 0.567. The molecule has 204 valence electrons. The van der Waals surface area contributed by atoms with Gasteiger partial charge in [0, 0.05) is 42.0 Å². The second kappa shape index (κ2) is 9.04. The molecule has 2 aromatic heterocycles. The lowest BCUT2D eigenvalue weighted by molar-refractivity contribution is 0.00794. The largest absolute Gasteiger partial charge is 0.474 e. The first kappa shape index (κ1) is 24.6. The topological polar surface area (TPSA) is 80.5 Å². The van der Waals surface area contributed by atoms with Crippen molar-refractivity contribution in [1.82, 2.24) is 19.7 Å². The molecule has 3 saturated carbocycles. The summed E-state index contributed by atoms with van der Waals surface area (Å²) in [6.07, 6.45) is 7.90. The van der Waals surface area contributed by atoms with Crippen LogP contribution in [0.3, 0.4) is 0 Å². The number of rotatable bonds is 7. The van der Waals surface area contributed by atoms with E-state index < -0.39 is 12.3 Å². The molecule has 0 aromatic carbocycles. The summed E-state index contributed by atoms with van der Waals surface area (Å²) in [6, 6.07) is 3.99. The number of alkyl halides is 1. The maximum atomic E-state index is 14.2. The number of amides is 1. The standard InChI is InChI=1S/C30H39FN4O3/c1-17-5-3-12-32-28(17)38-19-9-7-18(8-10-19)6-4-13-35-27-20-15-30(2)24(20)25(30)23(27)26(33-35)29(37)34-14-11-22(36)21(31)16-34/h3,5,12,18-22,24-25,36H,4,6-11,13-16H2,1-2H3/t18-,19-,20?,21-,22+,24-,25+,30+/m1/s1. The van der Waals surface area contributed by atoms with Crippen molar-refractivity contribution in [1.29, 1.82) is 0 Å². The third-order valence-electron chi connectivity index (χ3n) is 10.5. The van der Waals surface area contributed by atoms with Crippen molar-refractivity contribution < 1.29 is 19.0 Å². The van der Waals surface area contributed by atoms with Crippen LogP contribution in [0.4, 0.5) is 4.39 Å². The number of carbonyl (C=O) groups excluding carboxylic acids is 1. The van der Waals surface area contributed by atoms with E-state index in [4.69, 9.17) is 9.84 Å². The first-order chi connectivity index (χ1) is 18.3. The fraction of sp³-hybridized carbons (Fsp3) is 0.700. The molecule has 1 amide bonds. The maximum Gasteiger partial charge on any atom is 0.274 e. The Hall–Kier alpha value is -2.48. The van der Waals surface area contributed by atoms with Crippen LogP contribution in [0.25, 0.3) is 0 Å². The Morgan fingerprint density at radius 3 is 2.84 bits per heavy atom. The van der Waals surface area contributed by atoms with Gasteiger partial charge in [0.25, 0.3) is 5.91 Å². The lowest BCUT2D eigenvalue weighted by Gasteiger charge is -2.34. The minimum Gasteiger partial charge on any atom is -0.474 e. The zero-order valence-electron chi connectivity index (χ0n) is 22.5. The van der Waals surface area contributed by atoms with Crippen LogP contribution < -0.4 is 4.74 Å². The highest BCUT2D eigenvalue weighted by Crippen LogP contribution is 2.86. The van der Waals surface area contributed by atoms with Crippen LogP contribution in [0, 0.1) is 24.2 Å². The van der Waals surface area contributed by atoms with Gasteiger partial charge >= 0.3 is 0 Å². The molecule has 7 nitrogen and oxygen atoms in total. The summed E-state index contributed by atoms with van der Waals surface area (Å²) in [5.74, 6) is 2.97. The van der Waals surface area contributed by atoms with E-state index in [1.165, 1.54) is 30.5 Å². The first-order valence-electron chi connectivity index (χ1n) is 14.7. The fourth-order valence-electron chi connectivity index (χ4n) is 8.33. The lowest BCUT2D eigenvalue weighted by atomic mass is 9.71. The van der Waals surface area contributed by atoms with Gasteiger partial charge in [-0.25, -0.2) is 9.37 Å². The summed E-state index contributed by atoms with van der Waals surface area (Å²) in [7, 11) is 0. The first-order valence-corrected chi connectivity index (χ1v) is 14.7. The number of aliphatic hydroxyl groups is 1. The number of aliphatic hydroxyl groups excluding tert-OH is 1. The molecule has 1 aliphatic heterocycles. The van der Waals surface area contributed by atoms with Crippen molar-refractivity contribution in [2.75, 3.05) is 13.1 Å². The van der Waals surface area contributed by atoms with Crippen LogP contribution in [0.5, 0.6) is 5.88 Å². The summed E-state index contributed by atoms with van der Waals surface area (Å²) in [6.45, 7) is 5.58. The molecule has 2 aromatic rings. The molecule has 6 atom stereocenters. The van der Waals surface area contributed by atoms with E-state index in [0.717, 1.165) is 43.7 Å². The maximum absolute atomic E-state index is 14.2. The van der Waals surface area contributed by atoms with Gasteiger partial charge < -0.3 is 14.7 Å². The molecular formula is C30H39FN4O3. The average molecular weight is 523 g/mol. The highest BCUT2D eigenvalue weighted by molar-refractivity contribution is 5.95. The Balaban J connectivity index is 0.984. The highest BCUT2D eigenvalue weighted by Gasteiger charge is 2.79. The van der Waals surface area contributed by atoms with E-state index in [1.807, 2.05) is 19.1 Å². The summed E-state index contributed by atoms with van der Waals surface area (Å²) in [5, 5.41) is 14.7. The fourth-order valence-corrected chi connectivity index (χ4v) is 8.33. The number of halogens is 1. The Morgan fingerprint density at radius 1 is 1.26 bits per heavy atom. The third kappa shape index (κ3) is 3.81. The number of hydrogen-bond acceptors (Lipinski definition) is 5. The molecule has 5 aliphatic rings. The van der Waals surface area contributed by atoms with Crippen LogP contribution in [0.15, 0.2) is 18.3 Å². The van der Waals surface area contributed by atoms with Crippen LogP contribution >= 0.6 is 0 Å². The van der Waals surface area contributed by atoms with E-state index in [9.17, 15) is 14.3 Å². The van der Waals surface area contributed by atoms with Gasteiger partial charge in [0.2, 0.25) is 5.88 Å². The predicted molar refractivity (Wildman–Crippen MR) is 140 cm³/mol. The summed E-state index contributed by atoms with van der Waals surface area (Å²) < 4.78 is 22.5. The molecule has 1 N–H and O–H groups in total. The number of aryl methyl sites for hydroxylation is 2. The number of nitrogens with zero attached hydrogens (tertiary/aromatic N) is 4. The van der Waals surface area contributed by atoms with E-state index >= 15 is 0 Å². The number of aromatic nitrogens is 3. The molecule has 0 radical (unpaired) electrons. The van der Waals surface area contributed by atoms with Gasteiger partial charge in [-0.3, -0.25) is 9.48 Å². The van der Waals surface area contributed by atoms with Crippen molar-refractivity contribution in [2.45, 2.75) is 102 Å². The Morgan fingerprint density at radius 2 is 2.08 bits per heavy atom. The molecule has 7 rings (SSSR count). The lowest BCUT2D eigenvalue weighted by Crippen LogP contribution is -2.47. The molecule has 38 heavy (non-hydrogen) atoms. The molecule has 0 bridgehead atoms. The van der Waals surface area contributed by atoms with Gasteiger partial charge in [-0.1, -0.05) is 13.0 Å². The minimum atomic E-state index is -1.38. The molecule has 4 fully saturated rings. The Labute approximate surface area is 223 Å². The second-order valence-electron chi connectivity index (χ2n) is 12.8. The zero-order chi connectivity index (χ0) is 26.2. The van der Waals surface area contributed by atoms with Crippen LogP contribution in [0.2, 0.25) is 0 Å². The monoisotopic (exact) mass is 522 g/mol. The molecule has 0 spiro atoms. The smallest absolute Gasteiger partial charge is 0.274 e. The average Bonchev–Trinajstić information content (AvgIpc) is 3.16. The third-order valence-corrected chi connectivity index (χ3v) is 10.5. The van der Waals surface area contributed by atoms with Gasteiger partial charge in [0.15, 0.2) is 5.69 Å². The van der Waals surface area contributed by atoms with Gasteiger partial charge in [-0.05, 0) is 87.5 Å². The molecule has 3 heterocycles. The van der Waals surface area contributed by atoms with Crippen LogP contribution in [0.1, 0.15) is 97.4 Å². The van der Waals surface area contributed by atoms with E-state index in [2.05, 4.69) is 16.6 Å². The van der Waals surface area contributed by atoms with Crippen LogP contribution in [-0.4, -0.2) is 62.1 Å². The van der Waals surface area contributed by atoms with Gasteiger partial charge in [-0.15, -0.1) is 0 Å². The van der Waals surface area contributed by atoms with E-state index in [-0.39, 0.29) is 25.0 Å². The summed E-state index contributed by atoms with van der Waals surface area (Å²) in [5.41, 5.74) is 4.46. The van der Waals surface area contributed by atoms with Gasteiger partial charge in [0.1, 0.15) is 12.3 Å². The SMILES string of the molecule is Cc1cccnc1O[C@H]1CC[C@H](CCCn2nc(C(=O)N3CC[C@H](O)[C@H](F)C3)c3c2C2C[C@@]4(C)[C@H]2[C@H]34)CC1. The van der Waals surface area contributed by atoms with Crippen molar-refractivity contribution in [3.63, 3.8) is 0 Å². The van der Waals surface area contributed by atoms with E-state index in [1.54, 1.807) is 11.1 Å². The number of hydrogen-bond donors (Lipinski definition) is 1. The Bertz CT molecular complexity index is 1240. The second-order valence-corrected chi connectivity index (χ2v) is 12.8. The van der Waals surface area contributed by atoms with Gasteiger partial charge in [0.05, 0.1) is 12.6 Å². The summed E-state index contributed by atoms with van der Waals surface area (Å²) in [4.78, 5) is 19.5. The number of pyridine rings is 1. The number of fused-ring (bicyclic) bond motifs is 4. The molecule has 8 heteroatoms. The minimum absolute atomic E-state index is 0.0390. The summed E-state index contributed by atoms with van der Waals surface area (Å²) >= 11 is 0. The normalized spacial score (nSPS) is 36.8. The van der Waals surface area contributed by atoms with Gasteiger partial charge in [-0.2, -0.15) is 5.10 Å². The van der Waals surface area contributed by atoms with Crippen molar-refractivity contribution in [3.05, 3.63) is 40.8 Å². The molecule has 1 saturated heterocycles. The number of carbonyl (C=O) groups is 1. The van der Waals surface area contributed by atoms with Crippen molar-refractivity contribution >= 4 is 5.91 Å².